The molecule has 0 spiro atoms. The van der Waals surface area contributed by atoms with Crippen LogP contribution >= 0.6 is 0 Å². The lowest BCUT2D eigenvalue weighted by molar-refractivity contribution is 0.448. The van der Waals surface area contributed by atoms with Gasteiger partial charge in [0.2, 0.25) is 0 Å². The van der Waals surface area contributed by atoms with Gasteiger partial charge in [0.25, 0.3) is 10.2 Å². The number of nitrogens with zero attached hydrogens (tertiary/aromatic N) is 1. The summed E-state index contributed by atoms with van der Waals surface area (Å²) >= 11 is 0. The highest BCUT2D eigenvalue weighted by Gasteiger charge is 2.13. The van der Waals surface area contributed by atoms with Crippen LogP contribution in [0, 0.1) is 0 Å². The van der Waals surface area contributed by atoms with Gasteiger partial charge in [-0.3, -0.25) is 0 Å². The molecule has 0 aliphatic carbocycles. The third-order valence-electron chi connectivity index (χ3n) is 1.92. The van der Waals surface area contributed by atoms with Gasteiger partial charge in [0.1, 0.15) is 0 Å². The van der Waals surface area contributed by atoms with Crippen LogP contribution in [0.5, 0.6) is 0 Å². The molecule has 6 heteroatoms. The first-order valence-electron chi connectivity index (χ1n) is 4.90. The van der Waals surface area contributed by atoms with Crippen LogP contribution in [0.3, 0.4) is 0 Å². The predicted octanol–water partition coefficient (Wildman–Crippen LogP) is -0.228. The SMILES string of the molecule is CCCNCCCN(C)S(=O)(=O)NC. The van der Waals surface area contributed by atoms with E-state index in [0.717, 1.165) is 25.9 Å². The van der Waals surface area contributed by atoms with Crippen molar-refractivity contribution in [2.24, 2.45) is 0 Å². The molecule has 0 aliphatic rings. The standard InChI is InChI=1S/C8H21N3O2S/c1-4-6-10-7-5-8-11(3)14(12,13)9-2/h9-10H,4-8H2,1-3H3. The zero-order chi connectivity index (χ0) is 11.0. The lowest BCUT2D eigenvalue weighted by Crippen LogP contribution is -2.37. The normalized spacial score (nSPS) is 12.3. The quantitative estimate of drug-likeness (QED) is 0.559. The Hall–Kier alpha value is -0.170. The van der Waals surface area contributed by atoms with E-state index in [4.69, 9.17) is 0 Å². The molecule has 14 heavy (non-hydrogen) atoms. The molecular weight excluding hydrogens is 202 g/mol. The first-order chi connectivity index (χ1) is 6.54. The molecule has 5 nitrogen and oxygen atoms in total. The molecule has 0 aromatic carbocycles. The third kappa shape index (κ3) is 5.54. The molecule has 0 fully saturated rings. The summed E-state index contributed by atoms with van der Waals surface area (Å²) in [5.74, 6) is 0. The summed E-state index contributed by atoms with van der Waals surface area (Å²) in [4.78, 5) is 0. The number of nitrogens with one attached hydrogen (secondary N) is 2. The summed E-state index contributed by atoms with van der Waals surface area (Å²) in [7, 11) is -0.243. The summed E-state index contributed by atoms with van der Waals surface area (Å²) in [5.41, 5.74) is 0. The van der Waals surface area contributed by atoms with E-state index in [2.05, 4.69) is 17.0 Å². The molecule has 0 bridgehead atoms. The molecule has 0 saturated carbocycles. The average Bonchev–Trinajstić information content (AvgIpc) is 2.17. The third-order valence-corrected chi connectivity index (χ3v) is 3.44. The van der Waals surface area contributed by atoms with E-state index < -0.39 is 10.2 Å². The van der Waals surface area contributed by atoms with Gasteiger partial charge in [0, 0.05) is 20.6 Å². The molecule has 0 amide bonds. The van der Waals surface area contributed by atoms with E-state index in [-0.39, 0.29) is 0 Å². The van der Waals surface area contributed by atoms with Crippen molar-refractivity contribution in [3.63, 3.8) is 0 Å². The molecule has 0 aliphatic heterocycles. The van der Waals surface area contributed by atoms with Crippen molar-refractivity contribution >= 4 is 10.2 Å². The second-order valence-corrected chi connectivity index (χ2v) is 5.12. The van der Waals surface area contributed by atoms with Crippen molar-refractivity contribution in [3.8, 4) is 0 Å². The Labute approximate surface area is 87.0 Å². The van der Waals surface area contributed by atoms with Gasteiger partial charge in [0.15, 0.2) is 0 Å². The molecule has 2 N–H and O–H groups in total. The molecule has 0 aromatic rings. The fourth-order valence-corrected chi connectivity index (χ4v) is 1.69. The van der Waals surface area contributed by atoms with Gasteiger partial charge in [-0.1, -0.05) is 6.92 Å². The number of hydrogen-bond donors (Lipinski definition) is 2. The van der Waals surface area contributed by atoms with Gasteiger partial charge in [-0.2, -0.15) is 12.7 Å². The van der Waals surface area contributed by atoms with Crippen molar-refractivity contribution in [1.29, 1.82) is 0 Å². The van der Waals surface area contributed by atoms with Gasteiger partial charge >= 0.3 is 0 Å². The Morgan fingerprint density at radius 2 is 1.93 bits per heavy atom. The number of rotatable bonds is 8. The summed E-state index contributed by atoms with van der Waals surface area (Å²) in [5, 5.41) is 3.22. The molecule has 0 aromatic heterocycles. The van der Waals surface area contributed by atoms with Crippen LogP contribution in [0.25, 0.3) is 0 Å². The predicted molar refractivity (Wildman–Crippen MR) is 58.4 cm³/mol. The maximum absolute atomic E-state index is 11.2. The zero-order valence-corrected chi connectivity index (χ0v) is 10.0. The van der Waals surface area contributed by atoms with Crippen LogP contribution < -0.4 is 10.0 Å². The smallest absolute Gasteiger partial charge is 0.278 e. The maximum atomic E-state index is 11.2. The molecule has 0 radical (unpaired) electrons. The summed E-state index contributed by atoms with van der Waals surface area (Å²) in [6.07, 6.45) is 1.93. The Balaban J connectivity index is 3.59. The zero-order valence-electron chi connectivity index (χ0n) is 9.21. The monoisotopic (exact) mass is 223 g/mol. The minimum atomic E-state index is -3.24. The lowest BCUT2D eigenvalue weighted by Gasteiger charge is -2.15. The highest BCUT2D eigenvalue weighted by molar-refractivity contribution is 7.87. The van der Waals surface area contributed by atoms with E-state index in [1.54, 1.807) is 7.05 Å². The molecule has 0 heterocycles. The minimum absolute atomic E-state index is 0.542. The Morgan fingerprint density at radius 1 is 1.29 bits per heavy atom. The van der Waals surface area contributed by atoms with Crippen molar-refractivity contribution in [1.82, 2.24) is 14.3 Å². The minimum Gasteiger partial charge on any atom is -0.317 e. The fourth-order valence-electron chi connectivity index (χ4n) is 1.00. The second-order valence-electron chi connectivity index (χ2n) is 3.13. The summed E-state index contributed by atoms with van der Waals surface area (Å²) in [6, 6.07) is 0. The van der Waals surface area contributed by atoms with Gasteiger partial charge in [-0.05, 0) is 25.9 Å². The van der Waals surface area contributed by atoms with E-state index in [1.165, 1.54) is 11.4 Å². The second kappa shape index (κ2) is 7.17. The van der Waals surface area contributed by atoms with E-state index in [9.17, 15) is 8.42 Å². The van der Waals surface area contributed by atoms with Crippen molar-refractivity contribution in [2.45, 2.75) is 19.8 Å². The van der Waals surface area contributed by atoms with Crippen molar-refractivity contribution in [3.05, 3.63) is 0 Å². The van der Waals surface area contributed by atoms with E-state index in [1.807, 2.05) is 0 Å². The topological polar surface area (TPSA) is 61.4 Å². The van der Waals surface area contributed by atoms with Crippen molar-refractivity contribution in [2.75, 3.05) is 33.7 Å². The molecule has 0 saturated heterocycles. The van der Waals surface area contributed by atoms with Crippen LogP contribution in [-0.4, -0.2) is 46.5 Å². The van der Waals surface area contributed by atoms with Crippen LogP contribution in [0.4, 0.5) is 0 Å². The van der Waals surface area contributed by atoms with E-state index >= 15 is 0 Å². The Bertz CT molecular complexity index is 229. The fraction of sp³-hybridized carbons (Fsp3) is 1.00. The lowest BCUT2D eigenvalue weighted by atomic mass is 10.4. The molecular formula is C8H21N3O2S. The van der Waals surface area contributed by atoms with Crippen LogP contribution in [0.1, 0.15) is 19.8 Å². The average molecular weight is 223 g/mol. The van der Waals surface area contributed by atoms with Crippen LogP contribution in [0.15, 0.2) is 0 Å². The van der Waals surface area contributed by atoms with Gasteiger partial charge in [-0.15, -0.1) is 0 Å². The first kappa shape index (κ1) is 13.8. The largest absolute Gasteiger partial charge is 0.317 e. The van der Waals surface area contributed by atoms with Gasteiger partial charge in [-0.25, -0.2) is 4.72 Å². The first-order valence-corrected chi connectivity index (χ1v) is 6.34. The molecule has 86 valence electrons. The maximum Gasteiger partial charge on any atom is 0.278 e. The Morgan fingerprint density at radius 3 is 2.43 bits per heavy atom. The Kier molecular flexibility index (Phi) is 7.08. The van der Waals surface area contributed by atoms with Gasteiger partial charge < -0.3 is 5.32 Å². The summed E-state index contributed by atoms with van der Waals surface area (Å²) in [6.45, 7) is 4.49. The van der Waals surface area contributed by atoms with E-state index in [0.29, 0.717) is 6.54 Å². The summed E-state index contributed by atoms with van der Waals surface area (Å²) < 4.78 is 26.0. The van der Waals surface area contributed by atoms with Crippen molar-refractivity contribution < 1.29 is 8.42 Å². The molecule has 0 unspecified atom stereocenters. The molecule has 0 rings (SSSR count). The number of hydrogen-bond acceptors (Lipinski definition) is 3. The highest BCUT2D eigenvalue weighted by atomic mass is 32.2. The highest BCUT2D eigenvalue weighted by Crippen LogP contribution is 1.93. The van der Waals surface area contributed by atoms with Gasteiger partial charge in [0.05, 0.1) is 0 Å². The van der Waals surface area contributed by atoms with Crippen LogP contribution in [0.2, 0.25) is 0 Å². The molecule has 0 atom stereocenters. The van der Waals surface area contributed by atoms with Crippen LogP contribution in [-0.2, 0) is 10.2 Å².